The number of aromatic nitrogens is 3. The molecule has 1 aromatic carbocycles. The highest BCUT2D eigenvalue weighted by atomic mass is 32.1. The molecule has 0 aliphatic carbocycles. The molecule has 0 N–H and O–H groups in total. The van der Waals surface area contributed by atoms with E-state index in [-0.39, 0.29) is 0 Å². The van der Waals surface area contributed by atoms with E-state index in [0.717, 1.165) is 17.2 Å². The zero-order valence-corrected chi connectivity index (χ0v) is 11.9. The minimum Gasteiger partial charge on any atom is -0.299 e. The van der Waals surface area contributed by atoms with Crippen molar-refractivity contribution in [3.05, 3.63) is 70.9 Å². The van der Waals surface area contributed by atoms with Crippen molar-refractivity contribution >= 4 is 17.4 Å². The van der Waals surface area contributed by atoms with Crippen LogP contribution in [0, 0.1) is 6.92 Å². The molecule has 0 atom stereocenters. The average Bonchev–Trinajstić information content (AvgIpc) is 2.83. The minimum absolute atomic E-state index is 0.706. The Balaban J connectivity index is 2.00. The molecular formula is C15H14N4S. The molecule has 2 aromatic heterocycles. The van der Waals surface area contributed by atoms with Crippen molar-refractivity contribution in [1.82, 2.24) is 13.9 Å². The molecule has 0 aliphatic rings. The van der Waals surface area contributed by atoms with Crippen LogP contribution in [0.5, 0.6) is 0 Å². The third-order valence-electron chi connectivity index (χ3n) is 2.92. The molecule has 100 valence electrons. The maximum Gasteiger partial charge on any atom is 0.211 e. The number of hydrogen-bond donors (Lipinski definition) is 0. The van der Waals surface area contributed by atoms with Crippen LogP contribution in [0.3, 0.4) is 0 Å². The monoisotopic (exact) mass is 282 g/mol. The van der Waals surface area contributed by atoms with Crippen LogP contribution in [0.25, 0.3) is 0 Å². The lowest BCUT2D eigenvalue weighted by atomic mass is 10.2. The van der Waals surface area contributed by atoms with Gasteiger partial charge in [0, 0.05) is 17.7 Å². The van der Waals surface area contributed by atoms with Crippen molar-refractivity contribution in [3.8, 4) is 0 Å². The van der Waals surface area contributed by atoms with Crippen molar-refractivity contribution in [2.45, 2.75) is 13.5 Å². The fourth-order valence-corrected chi connectivity index (χ4v) is 2.63. The smallest absolute Gasteiger partial charge is 0.211 e. The molecule has 0 radical (unpaired) electrons. The predicted molar refractivity (Wildman–Crippen MR) is 79.8 cm³/mol. The van der Waals surface area contributed by atoms with E-state index in [1.807, 2.05) is 43.3 Å². The van der Waals surface area contributed by atoms with Gasteiger partial charge in [0.05, 0.1) is 6.54 Å². The maximum atomic E-state index is 4.57. The molecule has 3 rings (SSSR count). The first-order valence-electron chi connectivity index (χ1n) is 6.36. The van der Waals surface area contributed by atoms with Gasteiger partial charge in [0.1, 0.15) is 5.82 Å². The summed E-state index contributed by atoms with van der Waals surface area (Å²) in [5.41, 5.74) is 1.23. The van der Waals surface area contributed by atoms with Gasteiger partial charge in [-0.15, -0.1) is 0 Å². The molecule has 2 heterocycles. The lowest BCUT2D eigenvalue weighted by molar-refractivity contribution is 0.727. The second-order valence-corrected chi connectivity index (χ2v) is 5.11. The quantitative estimate of drug-likeness (QED) is 0.741. The second-order valence-electron chi connectivity index (χ2n) is 4.38. The van der Waals surface area contributed by atoms with Crippen molar-refractivity contribution < 1.29 is 0 Å². The van der Waals surface area contributed by atoms with Gasteiger partial charge < -0.3 is 0 Å². The van der Waals surface area contributed by atoms with Crippen LogP contribution in [-0.4, -0.2) is 13.9 Å². The largest absolute Gasteiger partial charge is 0.299 e. The van der Waals surface area contributed by atoms with E-state index < -0.39 is 0 Å². The van der Waals surface area contributed by atoms with Crippen LogP contribution in [0.1, 0.15) is 11.4 Å². The first kappa shape index (κ1) is 12.7. The predicted octanol–water partition coefficient (Wildman–Crippen LogP) is 2.93. The van der Waals surface area contributed by atoms with E-state index in [1.165, 1.54) is 17.1 Å². The number of hydrogen-bond acceptors (Lipinski definition) is 4. The Morgan fingerprint density at radius 1 is 1.10 bits per heavy atom. The molecule has 3 aromatic rings. The summed E-state index contributed by atoms with van der Waals surface area (Å²) < 4.78 is 6.50. The number of benzene rings is 1. The molecular weight excluding hydrogens is 268 g/mol. The van der Waals surface area contributed by atoms with E-state index in [4.69, 9.17) is 0 Å². The number of aryl methyl sites for hydroxylation is 1. The van der Waals surface area contributed by atoms with Gasteiger partial charge >= 0.3 is 0 Å². The summed E-state index contributed by atoms with van der Waals surface area (Å²) in [6.07, 6.45) is 1.74. The Morgan fingerprint density at radius 2 is 1.90 bits per heavy atom. The highest BCUT2D eigenvalue weighted by Gasteiger charge is 2.04. The molecule has 0 saturated carbocycles. The number of rotatable bonds is 3. The SMILES string of the molecule is Cc1ns/c(=N/c2ccccn2)n1Cc1ccccc1. The van der Waals surface area contributed by atoms with E-state index in [9.17, 15) is 0 Å². The Hall–Kier alpha value is -2.27. The molecule has 0 unspecified atom stereocenters. The summed E-state index contributed by atoms with van der Waals surface area (Å²) in [6.45, 7) is 2.77. The molecule has 0 aliphatic heterocycles. The summed E-state index contributed by atoms with van der Waals surface area (Å²) in [7, 11) is 0. The topological polar surface area (TPSA) is 43.1 Å². The summed E-state index contributed by atoms with van der Waals surface area (Å²) in [5.74, 6) is 1.67. The highest BCUT2D eigenvalue weighted by Crippen LogP contribution is 2.07. The third kappa shape index (κ3) is 2.83. The van der Waals surface area contributed by atoms with Gasteiger partial charge in [0.2, 0.25) is 4.80 Å². The van der Waals surface area contributed by atoms with Gasteiger partial charge in [-0.3, -0.25) is 4.57 Å². The Labute approximate surface area is 121 Å². The normalized spacial score (nSPS) is 11.8. The first-order valence-corrected chi connectivity index (χ1v) is 7.13. The Morgan fingerprint density at radius 3 is 2.65 bits per heavy atom. The lowest BCUT2D eigenvalue weighted by Crippen LogP contribution is -2.17. The van der Waals surface area contributed by atoms with Gasteiger partial charge in [-0.2, -0.15) is 9.37 Å². The molecule has 0 fully saturated rings. The zero-order valence-electron chi connectivity index (χ0n) is 11.1. The summed E-state index contributed by atoms with van der Waals surface area (Å²) >= 11 is 1.40. The highest BCUT2D eigenvalue weighted by molar-refractivity contribution is 7.02. The fourth-order valence-electron chi connectivity index (χ4n) is 1.89. The zero-order chi connectivity index (χ0) is 13.8. The third-order valence-corrected chi connectivity index (χ3v) is 3.75. The molecule has 4 nitrogen and oxygen atoms in total. The van der Waals surface area contributed by atoms with E-state index in [1.54, 1.807) is 6.20 Å². The van der Waals surface area contributed by atoms with Gasteiger partial charge in [-0.05, 0) is 24.6 Å². The van der Waals surface area contributed by atoms with Crippen LogP contribution >= 0.6 is 11.5 Å². The lowest BCUT2D eigenvalue weighted by Gasteiger charge is -2.04. The van der Waals surface area contributed by atoms with Gasteiger partial charge in [0.15, 0.2) is 5.82 Å². The number of nitrogens with zero attached hydrogens (tertiary/aromatic N) is 4. The number of pyridine rings is 1. The first-order chi connectivity index (χ1) is 9.83. The van der Waals surface area contributed by atoms with Crippen molar-refractivity contribution in [2.24, 2.45) is 4.99 Å². The van der Waals surface area contributed by atoms with Crippen LogP contribution in [0.15, 0.2) is 59.7 Å². The second kappa shape index (κ2) is 5.79. The average molecular weight is 282 g/mol. The molecule has 5 heteroatoms. The fraction of sp³-hybridized carbons (Fsp3) is 0.133. The summed E-state index contributed by atoms with van der Waals surface area (Å²) in [4.78, 5) is 9.66. The van der Waals surface area contributed by atoms with Crippen LogP contribution < -0.4 is 4.80 Å². The van der Waals surface area contributed by atoms with Gasteiger partial charge in [-0.1, -0.05) is 36.4 Å². The van der Waals surface area contributed by atoms with Crippen LogP contribution in [-0.2, 0) is 6.54 Å². The summed E-state index contributed by atoms with van der Waals surface area (Å²) in [6, 6.07) is 16.0. The van der Waals surface area contributed by atoms with Crippen molar-refractivity contribution in [1.29, 1.82) is 0 Å². The van der Waals surface area contributed by atoms with Crippen LogP contribution in [0.2, 0.25) is 0 Å². The minimum atomic E-state index is 0.706. The van der Waals surface area contributed by atoms with E-state index in [0.29, 0.717) is 5.82 Å². The molecule has 0 spiro atoms. The van der Waals surface area contributed by atoms with Crippen molar-refractivity contribution in [2.75, 3.05) is 0 Å². The van der Waals surface area contributed by atoms with E-state index >= 15 is 0 Å². The van der Waals surface area contributed by atoms with Gasteiger partial charge in [0.25, 0.3) is 0 Å². The maximum absolute atomic E-state index is 4.57. The molecule has 0 bridgehead atoms. The molecule has 0 amide bonds. The molecule has 0 saturated heterocycles. The standard InChI is InChI=1S/C15H14N4S/c1-12-18-20-15(17-14-9-5-6-10-16-14)19(12)11-13-7-3-2-4-8-13/h2-10H,11H2,1H3/b17-15+. The van der Waals surface area contributed by atoms with Gasteiger partial charge in [-0.25, -0.2) is 4.98 Å². The Bertz CT molecular complexity index is 744. The Kier molecular flexibility index (Phi) is 3.69. The van der Waals surface area contributed by atoms with E-state index in [2.05, 4.69) is 31.0 Å². The van der Waals surface area contributed by atoms with Crippen LogP contribution in [0.4, 0.5) is 5.82 Å². The van der Waals surface area contributed by atoms with Crippen molar-refractivity contribution in [3.63, 3.8) is 0 Å². The summed E-state index contributed by atoms with van der Waals surface area (Å²) in [5, 5.41) is 0. The molecule has 20 heavy (non-hydrogen) atoms.